The van der Waals surface area contributed by atoms with Crippen molar-refractivity contribution in [3.8, 4) is 0 Å². The van der Waals surface area contributed by atoms with Crippen LogP contribution in [0.15, 0.2) is 0 Å². The number of hydrogen-bond acceptors (Lipinski definition) is 2. The number of unbranched alkanes of at least 4 members (excludes halogenated alkanes) is 2. The lowest BCUT2D eigenvalue weighted by atomic mass is 9.82. The highest BCUT2D eigenvalue weighted by Crippen LogP contribution is 2.27. The fourth-order valence-electron chi connectivity index (χ4n) is 2.50. The Balaban J connectivity index is 2.04. The van der Waals surface area contributed by atoms with Gasteiger partial charge in [0.1, 0.15) is 0 Å². The summed E-state index contributed by atoms with van der Waals surface area (Å²) < 4.78 is 0. The van der Waals surface area contributed by atoms with E-state index in [1.165, 1.54) is 51.4 Å². The minimum Gasteiger partial charge on any atom is -0.330 e. The van der Waals surface area contributed by atoms with Crippen LogP contribution in [0.3, 0.4) is 0 Å². The molecule has 1 unspecified atom stereocenters. The molecule has 14 heavy (non-hydrogen) atoms. The van der Waals surface area contributed by atoms with E-state index in [1.807, 2.05) is 0 Å². The van der Waals surface area contributed by atoms with Crippen molar-refractivity contribution in [3.63, 3.8) is 0 Å². The number of nitrogens with two attached hydrogens (primary N) is 2. The predicted octanol–water partition coefficient (Wildman–Crippen LogP) is 2.41. The van der Waals surface area contributed by atoms with Gasteiger partial charge in [-0.3, -0.25) is 0 Å². The van der Waals surface area contributed by atoms with Crippen molar-refractivity contribution in [1.29, 1.82) is 0 Å². The van der Waals surface area contributed by atoms with Crippen LogP contribution in [0, 0.1) is 5.92 Å². The topological polar surface area (TPSA) is 52.0 Å². The molecule has 0 saturated heterocycles. The van der Waals surface area contributed by atoms with Gasteiger partial charge in [0.15, 0.2) is 0 Å². The van der Waals surface area contributed by atoms with E-state index in [2.05, 4.69) is 0 Å². The van der Waals surface area contributed by atoms with E-state index in [4.69, 9.17) is 11.5 Å². The summed E-state index contributed by atoms with van der Waals surface area (Å²) in [5, 5.41) is 0. The molecule has 2 heteroatoms. The predicted molar refractivity (Wildman–Crippen MR) is 62.1 cm³/mol. The van der Waals surface area contributed by atoms with Crippen molar-refractivity contribution in [3.05, 3.63) is 0 Å². The van der Waals surface area contributed by atoms with Gasteiger partial charge in [0, 0.05) is 6.04 Å². The van der Waals surface area contributed by atoms with Gasteiger partial charge in [-0.2, -0.15) is 0 Å². The molecule has 2 nitrogen and oxygen atoms in total. The van der Waals surface area contributed by atoms with Gasteiger partial charge in [-0.1, -0.05) is 32.1 Å². The van der Waals surface area contributed by atoms with E-state index < -0.39 is 0 Å². The fraction of sp³-hybridized carbons (Fsp3) is 1.00. The normalized spacial score (nSPS) is 21.0. The molecule has 1 saturated carbocycles. The van der Waals surface area contributed by atoms with Crippen molar-refractivity contribution in [2.45, 2.75) is 63.8 Å². The van der Waals surface area contributed by atoms with E-state index in [0.717, 1.165) is 18.9 Å². The summed E-state index contributed by atoms with van der Waals surface area (Å²) in [5.41, 5.74) is 11.7. The van der Waals surface area contributed by atoms with Crippen molar-refractivity contribution in [1.82, 2.24) is 0 Å². The van der Waals surface area contributed by atoms with E-state index >= 15 is 0 Å². The van der Waals surface area contributed by atoms with Crippen LogP contribution in [-0.4, -0.2) is 12.6 Å². The van der Waals surface area contributed by atoms with Crippen LogP contribution in [0.2, 0.25) is 0 Å². The Labute approximate surface area is 88.4 Å². The Hall–Kier alpha value is -0.0800. The summed E-state index contributed by atoms with van der Waals surface area (Å²) in [5.74, 6) is 0.821. The van der Waals surface area contributed by atoms with Crippen molar-refractivity contribution in [2.24, 2.45) is 17.4 Å². The first-order chi connectivity index (χ1) is 6.84. The molecule has 1 aliphatic rings. The first-order valence-electron chi connectivity index (χ1n) is 6.30. The molecule has 0 heterocycles. The lowest BCUT2D eigenvalue weighted by molar-refractivity contribution is 0.290. The third-order valence-corrected chi connectivity index (χ3v) is 3.50. The first-order valence-corrected chi connectivity index (χ1v) is 6.30. The molecule has 1 atom stereocenters. The molecule has 0 aromatic rings. The maximum absolute atomic E-state index is 6.20. The van der Waals surface area contributed by atoms with Gasteiger partial charge in [-0.05, 0) is 38.1 Å². The Morgan fingerprint density at radius 3 is 2.36 bits per heavy atom. The quantitative estimate of drug-likeness (QED) is 0.644. The van der Waals surface area contributed by atoms with Crippen molar-refractivity contribution in [2.75, 3.05) is 6.54 Å². The largest absolute Gasteiger partial charge is 0.330 e. The van der Waals surface area contributed by atoms with Crippen LogP contribution in [0.1, 0.15) is 57.8 Å². The van der Waals surface area contributed by atoms with Crippen LogP contribution >= 0.6 is 0 Å². The molecule has 0 aromatic carbocycles. The van der Waals surface area contributed by atoms with E-state index in [9.17, 15) is 0 Å². The van der Waals surface area contributed by atoms with Gasteiger partial charge in [0.05, 0.1) is 0 Å². The minimum atomic E-state index is 0.466. The molecular weight excluding hydrogens is 172 g/mol. The fourth-order valence-corrected chi connectivity index (χ4v) is 2.50. The van der Waals surface area contributed by atoms with Gasteiger partial charge in [-0.15, -0.1) is 0 Å². The summed E-state index contributed by atoms with van der Waals surface area (Å²) in [4.78, 5) is 0. The summed E-state index contributed by atoms with van der Waals surface area (Å²) in [6, 6.07) is 0.466. The summed E-state index contributed by atoms with van der Waals surface area (Å²) in [7, 11) is 0. The van der Waals surface area contributed by atoms with Gasteiger partial charge in [0.25, 0.3) is 0 Å². The van der Waals surface area contributed by atoms with Crippen molar-refractivity contribution < 1.29 is 0 Å². The van der Waals surface area contributed by atoms with Crippen LogP contribution in [0.4, 0.5) is 0 Å². The van der Waals surface area contributed by atoms with E-state index in [1.54, 1.807) is 0 Å². The second-order valence-electron chi connectivity index (χ2n) is 4.70. The maximum Gasteiger partial charge on any atom is 0.00671 e. The maximum atomic E-state index is 6.20. The van der Waals surface area contributed by atoms with E-state index in [0.29, 0.717) is 6.04 Å². The zero-order valence-corrected chi connectivity index (χ0v) is 9.38. The molecule has 0 aromatic heterocycles. The third kappa shape index (κ3) is 4.43. The number of hydrogen-bond donors (Lipinski definition) is 2. The second kappa shape index (κ2) is 7.24. The zero-order chi connectivity index (χ0) is 10.2. The average molecular weight is 198 g/mol. The molecule has 4 N–H and O–H groups in total. The lowest BCUT2D eigenvalue weighted by Crippen LogP contribution is -2.31. The van der Waals surface area contributed by atoms with Crippen LogP contribution in [0.5, 0.6) is 0 Å². The van der Waals surface area contributed by atoms with Gasteiger partial charge in [-0.25, -0.2) is 0 Å². The van der Waals surface area contributed by atoms with Crippen molar-refractivity contribution >= 4 is 0 Å². The monoisotopic (exact) mass is 198 g/mol. The molecule has 0 radical (unpaired) electrons. The summed E-state index contributed by atoms with van der Waals surface area (Å²) >= 11 is 0. The van der Waals surface area contributed by atoms with Crippen LogP contribution in [-0.2, 0) is 0 Å². The molecule has 0 aliphatic heterocycles. The van der Waals surface area contributed by atoms with Gasteiger partial charge < -0.3 is 11.5 Å². The zero-order valence-electron chi connectivity index (χ0n) is 9.38. The highest BCUT2D eigenvalue weighted by molar-refractivity contribution is 4.76. The van der Waals surface area contributed by atoms with E-state index in [-0.39, 0.29) is 0 Å². The molecule has 0 amide bonds. The van der Waals surface area contributed by atoms with Crippen LogP contribution in [0.25, 0.3) is 0 Å². The molecule has 1 aliphatic carbocycles. The molecule has 1 fully saturated rings. The summed E-state index contributed by atoms with van der Waals surface area (Å²) in [6.07, 6.45) is 11.9. The molecule has 1 rings (SSSR count). The number of rotatable bonds is 6. The second-order valence-corrected chi connectivity index (χ2v) is 4.70. The Morgan fingerprint density at radius 1 is 1.00 bits per heavy atom. The molecule has 0 bridgehead atoms. The Morgan fingerprint density at radius 2 is 1.71 bits per heavy atom. The first kappa shape index (κ1) is 12.0. The Kier molecular flexibility index (Phi) is 6.20. The summed E-state index contributed by atoms with van der Waals surface area (Å²) in [6.45, 7) is 0.832. The SMILES string of the molecule is NCCCCCC(N)C1CCCCC1. The van der Waals surface area contributed by atoms with Crippen LogP contribution < -0.4 is 11.5 Å². The minimum absolute atomic E-state index is 0.466. The molecule has 0 spiro atoms. The smallest absolute Gasteiger partial charge is 0.00671 e. The highest BCUT2D eigenvalue weighted by Gasteiger charge is 2.19. The van der Waals surface area contributed by atoms with Gasteiger partial charge in [0.2, 0.25) is 0 Å². The standard InChI is InChI=1S/C12H26N2/c13-10-6-2-5-9-12(14)11-7-3-1-4-8-11/h11-12H,1-10,13-14H2. The lowest BCUT2D eigenvalue weighted by Gasteiger charge is -2.27. The average Bonchev–Trinajstić information content (AvgIpc) is 2.25. The molecule has 84 valence electrons. The third-order valence-electron chi connectivity index (χ3n) is 3.50. The molecular formula is C12H26N2. The highest BCUT2D eigenvalue weighted by atomic mass is 14.6. The Bertz CT molecular complexity index is 130. The van der Waals surface area contributed by atoms with Gasteiger partial charge >= 0.3 is 0 Å².